The second-order valence-electron chi connectivity index (χ2n) is 6.07. The van der Waals surface area contributed by atoms with E-state index in [4.69, 9.17) is 11.6 Å². The lowest BCUT2D eigenvalue weighted by Crippen LogP contribution is -2.51. The largest absolute Gasteiger partial charge is 0.325 e. The molecule has 1 N–H and O–H groups in total. The van der Waals surface area contributed by atoms with Gasteiger partial charge in [-0.25, -0.2) is 0 Å². The standard InChI is InChI=1S/C18H20ClN3O3S/c19-16-7-4-6-15(12-16)13-21-10-5-11-22(26(21,24)25)14-18(23)20-17-8-2-1-3-9-17/h1-4,6-9,12H,5,10-11,13-14H2,(H,20,23). The lowest BCUT2D eigenvalue weighted by atomic mass is 10.2. The summed E-state index contributed by atoms with van der Waals surface area (Å²) >= 11 is 5.98. The van der Waals surface area contributed by atoms with Crippen LogP contribution in [0, 0.1) is 0 Å². The van der Waals surface area contributed by atoms with Gasteiger partial charge in [0.1, 0.15) is 0 Å². The minimum atomic E-state index is -3.70. The fraction of sp³-hybridized carbons (Fsp3) is 0.278. The molecule has 2 aromatic rings. The van der Waals surface area contributed by atoms with Crippen molar-refractivity contribution >= 4 is 33.4 Å². The van der Waals surface area contributed by atoms with Crippen LogP contribution in [0.15, 0.2) is 54.6 Å². The van der Waals surface area contributed by atoms with Crippen molar-refractivity contribution < 1.29 is 13.2 Å². The number of anilines is 1. The molecule has 8 heteroatoms. The maximum absolute atomic E-state index is 12.8. The highest BCUT2D eigenvalue weighted by molar-refractivity contribution is 7.86. The third-order valence-corrected chi connectivity index (χ3v) is 6.26. The molecule has 26 heavy (non-hydrogen) atoms. The molecule has 1 fully saturated rings. The van der Waals surface area contributed by atoms with Gasteiger partial charge in [-0.3, -0.25) is 4.79 Å². The van der Waals surface area contributed by atoms with Gasteiger partial charge in [0.25, 0.3) is 10.2 Å². The Hall–Kier alpha value is -1.93. The molecular weight excluding hydrogens is 374 g/mol. The molecule has 0 unspecified atom stereocenters. The number of para-hydroxylation sites is 1. The molecule has 3 rings (SSSR count). The van der Waals surface area contributed by atoms with Crippen LogP contribution in [0.1, 0.15) is 12.0 Å². The third-order valence-electron chi connectivity index (χ3n) is 4.09. The fourth-order valence-corrected chi connectivity index (χ4v) is 4.71. The van der Waals surface area contributed by atoms with E-state index in [-0.39, 0.29) is 19.0 Å². The van der Waals surface area contributed by atoms with Crippen LogP contribution in [-0.4, -0.2) is 42.6 Å². The van der Waals surface area contributed by atoms with Gasteiger partial charge in [0.05, 0.1) is 6.54 Å². The topological polar surface area (TPSA) is 69.7 Å². The van der Waals surface area contributed by atoms with Gasteiger partial charge in [0.15, 0.2) is 0 Å². The summed E-state index contributed by atoms with van der Waals surface area (Å²) in [5, 5.41) is 3.28. The average Bonchev–Trinajstić information content (AvgIpc) is 2.59. The van der Waals surface area contributed by atoms with E-state index < -0.39 is 10.2 Å². The number of carbonyl (C=O) groups excluding carboxylic acids is 1. The minimum Gasteiger partial charge on any atom is -0.325 e. The van der Waals surface area contributed by atoms with Crippen LogP contribution in [0.2, 0.25) is 5.02 Å². The molecule has 1 saturated heterocycles. The summed E-state index contributed by atoms with van der Waals surface area (Å²) in [6.45, 7) is 0.783. The van der Waals surface area contributed by atoms with Gasteiger partial charge in [-0.15, -0.1) is 0 Å². The first-order valence-electron chi connectivity index (χ1n) is 8.30. The molecule has 6 nitrogen and oxygen atoms in total. The number of hydrogen-bond donors (Lipinski definition) is 1. The van der Waals surface area contributed by atoms with Gasteiger partial charge in [-0.2, -0.15) is 17.0 Å². The Labute approximate surface area is 158 Å². The van der Waals surface area contributed by atoms with Gasteiger partial charge in [0.2, 0.25) is 5.91 Å². The Morgan fingerprint density at radius 3 is 2.50 bits per heavy atom. The summed E-state index contributed by atoms with van der Waals surface area (Å²) in [6.07, 6.45) is 0.665. The van der Waals surface area contributed by atoms with Crippen LogP contribution in [0.25, 0.3) is 0 Å². The van der Waals surface area contributed by atoms with Gasteiger partial charge < -0.3 is 5.32 Å². The molecular formula is C18H20ClN3O3S. The normalized spacial score (nSPS) is 17.7. The van der Waals surface area contributed by atoms with Crippen molar-refractivity contribution in [3.05, 3.63) is 65.2 Å². The van der Waals surface area contributed by atoms with Crippen LogP contribution in [0.3, 0.4) is 0 Å². The van der Waals surface area contributed by atoms with Crippen LogP contribution >= 0.6 is 11.6 Å². The third kappa shape index (κ3) is 4.62. The Morgan fingerprint density at radius 2 is 1.77 bits per heavy atom. The van der Waals surface area contributed by atoms with E-state index in [1.807, 2.05) is 12.1 Å². The van der Waals surface area contributed by atoms with Crippen molar-refractivity contribution in [3.63, 3.8) is 0 Å². The van der Waals surface area contributed by atoms with E-state index in [9.17, 15) is 13.2 Å². The van der Waals surface area contributed by atoms with Crippen molar-refractivity contribution in [1.29, 1.82) is 0 Å². The second kappa shape index (κ2) is 8.18. The molecule has 1 aliphatic rings. The highest BCUT2D eigenvalue weighted by atomic mass is 35.5. The maximum Gasteiger partial charge on any atom is 0.282 e. The van der Waals surface area contributed by atoms with E-state index >= 15 is 0 Å². The quantitative estimate of drug-likeness (QED) is 0.849. The van der Waals surface area contributed by atoms with Gasteiger partial charge >= 0.3 is 0 Å². The maximum atomic E-state index is 12.8. The summed E-state index contributed by atoms with van der Waals surface area (Å²) in [5.74, 6) is -0.357. The van der Waals surface area contributed by atoms with E-state index in [1.165, 1.54) is 8.61 Å². The van der Waals surface area contributed by atoms with Crippen LogP contribution in [0.5, 0.6) is 0 Å². The number of nitrogens with one attached hydrogen (secondary N) is 1. The number of amides is 1. The number of hydrogen-bond acceptors (Lipinski definition) is 3. The van der Waals surface area contributed by atoms with Crippen molar-refractivity contribution in [3.8, 4) is 0 Å². The fourth-order valence-electron chi connectivity index (χ4n) is 2.86. The Kier molecular flexibility index (Phi) is 5.93. The SMILES string of the molecule is O=C(CN1CCCN(Cc2cccc(Cl)c2)S1(=O)=O)Nc1ccccc1. The molecule has 138 valence electrons. The molecule has 2 aromatic carbocycles. The minimum absolute atomic E-state index is 0.205. The van der Waals surface area contributed by atoms with E-state index in [0.717, 1.165) is 5.56 Å². The Bertz CT molecular complexity index is 874. The molecule has 0 aliphatic carbocycles. The Balaban J connectivity index is 1.67. The number of benzene rings is 2. The number of nitrogens with zero attached hydrogens (tertiary/aromatic N) is 2. The number of rotatable bonds is 5. The summed E-state index contributed by atoms with van der Waals surface area (Å²) < 4.78 is 28.3. The van der Waals surface area contributed by atoms with Crippen molar-refractivity contribution in [2.45, 2.75) is 13.0 Å². The number of halogens is 1. The first-order chi connectivity index (χ1) is 12.4. The molecule has 0 saturated carbocycles. The van der Waals surface area contributed by atoms with Gasteiger partial charge in [0, 0.05) is 30.3 Å². The second-order valence-corrected chi connectivity index (χ2v) is 8.44. The van der Waals surface area contributed by atoms with Crippen molar-refractivity contribution in [1.82, 2.24) is 8.61 Å². The van der Waals surface area contributed by atoms with Crippen molar-refractivity contribution in [2.24, 2.45) is 0 Å². The lowest BCUT2D eigenvalue weighted by Gasteiger charge is -2.34. The summed E-state index contributed by atoms with van der Waals surface area (Å²) in [6, 6.07) is 16.1. The zero-order valence-electron chi connectivity index (χ0n) is 14.1. The first kappa shape index (κ1) is 18.8. The molecule has 0 bridgehead atoms. The molecule has 0 radical (unpaired) electrons. The van der Waals surface area contributed by atoms with Crippen LogP contribution in [0.4, 0.5) is 5.69 Å². The summed E-state index contributed by atoms with van der Waals surface area (Å²) in [5.41, 5.74) is 1.46. The first-order valence-corrected chi connectivity index (χ1v) is 10.1. The van der Waals surface area contributed by atoms with Crippen molar-refractivity contribution in [2.75, 3.05) is 25.0 Å². The molecule has 0 aromatic heterocycles. The summed E-state index contributed by atoms with van der Waals surface area (Å²) in [7, 11) is -3.70. The molecule has 1 heterocycles. The van der Waals surface area contributed by atoms with Crippen LogP contribution < -0.4 is 5.32 Å². The molecule has 1 aliphatic heterocycles. The highest BCUT2D eigenvalue weighted by Gasteiger charge is 2.34. The predicted octanol–water partition coefficient (Wildman–Crippen LogP) is 2.73. The molecule has 0 spiro atoms. The molecule has 1 amide bonds. The smallest absolute Gasteiger partial charge is 0.282 e. The monoisotopic (exact) mass is 393 g/mol. The lowest BCUT2D eigenvalue weighted by molar-refractivity contribution is -0.116. The average molecular weight is 394 g/mol. The van der Waals surface area contributed by atoms with E-state index in [1.54, 1.807) is 42.5 Å². The van der Waals surface area contributed by atoms with E-state index in [2.05, 4.69) is 5.32 Å². The van der Waals surface area contributed by atoms with Gasteiger partial charge in [-0.1, -0.05) is 41.9 Å². The van der Waals surface area contributed by atoms with Crippen LogP contribution in [-0.2, 0) is 21.5 Å². The zero-order valence-corrected chi connectivity index (χ0v) is 15.7. The van der Waals surface area contributed by atoms with Gasteiger partial charge in [-0.05, 0) is 36.2 Å². The highest BCUT2D eigenvalue weighted by Crippen LogP contribution is 2.21. The predicted molar refractivity (Wildman–Crippen MR) is 102 cm³/mol. The van der Waals surface area contributed by atoms with E-state index in [0.29, 0.717) is 30.2 Å². The molecule has 0 atom stereocenters. The zero-order chi connectivity index (χ0) is 18.6. The number of carbonyl (C=O) groups is 1. The summed E-state index contributed by atoms with van der Waals surface area (Å²) in [4.78, 5) is 12.2. The Morgan fingerprint density at radius 1 is 1.04 bits per heavy atom.